The van der Waals surface area contributed by atoms with Gasteiger partial charge in [0.25, 0.3) is 11.8 Å². The van der Waals surface area contributed by atoms with Crippen molar-refractivity contribution in [2.24, 2.45) is 5.10 Å². The molecule has 2 amide bonds. The molecule has 0 spiro atoms. The Morgan fingerprint density at radius 3 is 2.70 bits per heavy atom. The zero-order valence-corrected chi connectivity index (χ0v) is 17.7. The SMILES string of the molecule is C[C@@H](NC(=O)COc1ccc2ccccc2c1)C(=O)NN=Cc1cc(Br)ccc1O. The zero-order chi connectivity index (χ0) is 21.5. The predicted octanol–water partition coefficient (Wildman–Crippen LogP) is 3.34. The fourth-order valence-corrected chi connectivity index (χ4v) is 3.02. The van der Waals surface area contributed by atoms with Gasteiger partial charge in [0.15, 0.2) is 6.61 Å². The van der Waals surface area contributed by atoms with Gasteiger partial charge in [-0.25, -0.2) is 5.43 Å². The van der Waals surface area contributed by atoms with Crippen LogP contribution in [-0.2, 0) is 9.59 Å². The van der Waals surface area contributed by atoms with E-state index in [1.54, 1.807) is 18.2 Å². The highest BCUT2D eigenvalue weighted by Gasteiger charge is 2.15. The van der Waals surface area contributed by atoms with Crippen molar-refractivity contribution in [2.75, 3.05) is 6.61 Å². The van der Waals surface area contributed by atoms with E-state index in [4.69, 9.17) is 4.74 Å². The zero-order valence-electron chi connectivity index (χ0n) is 16.1. The highest BCUT2D eigenvalue weighted by atomic mass is 79.9. The normalized spacial score (nSPS) is 11.9. The summed E-state index contributed by atoms with van der Waals surface area (Å²) in [5, 5.41) is 18.2. The molecule has 3 aromatic carbocycles. The number of halogens is 1. The van der Waals surface area contributed by atoms with E-state index in [1.807, 2.05) is 36.4 Å². The van der Waals surface area contributed by atoms with Crippen molar-refractivity contribution in [3.8, 4) is 11.5 Å². The maximum atomic E-state index is 12.1. The molecular formula is C22H20BrN3O4. The molecule has 7 nitrogen and oxygen atoms in total. The Morgan fingerprint density at radius 2 is 1.90 bits per heavy atom. The second-order valence-electron chi connectivity index (χ2n) is 6.52. The topological polar surface area (TPSA) is 100 Å². The first-order valence-corrected chi connectivity index (χ1v) is 9.94. The van der Waals surface area contributed by atoms with Crippen LogP contribution in [0.5, 0.6) is 11.5 Å². The molecule has 3 aromatic rings. The van der Waals surface area contributed by atoms with Crippen LogP contribution in [0.1, 0.15) is 12.5 Å². The smallest absolute Gasteiger partial charge is 0.262 e. The molecule has 3 N–H and O–H groups in total. The van der Waals surface area contributed by atoms with Gasteiger partial charge in [-0.15, -0.1) is 0 Å². The number of carbonyl (C=O) groups is 2. The van der Waals surface area contributed by atoms with E-state index >= 15 is 0 Å². The van der Waals surface area contributed by atoms with Gasteiger partial charge < -0.3 is 15.2 Å². The fourth-order valence-electron chi connectivity index (χ4n) is 2.65. The number of hydrazone groups is 1. The molecule has 0 aliphatic carbocycles. The van der Waals surface area contributed by atoms with Crippen molar-refractivity contribution in [1.82, 2.24) is 10.7 Å². The number of amides is 2. The first kappa shape index (κ1) is 21.3. The lowest BCUT2D eigenvalue weighted by atomic mass is 10.1. The van der Waals surface area contributed by atoms with Gasteiger partial charge in [-0.3, -0.25) is 9.59 Å². The first-order valence-electron chi connectivity index (χ1n) is 9.15. The van der Waals surface area contributed by atoms with Crippen molar-refractivity contribution >= 4 is 44.7 Å². The molecule has 0 unspecified atom stereocenters. The number of nitrogens with zero attached hydrogens (tertiary/aromatic N) is 1. The van der Waals surface area contributed by atoms with Gasteiger partial charge in [0.05, 0.1) is 6.21 Å². The van der Waals surface area contributed by atoms with Gasteiger partial charge in [0.2, 0.25) is 0 Å². The molecule has 0 saturated heterocycles. The molecule has 30 heavy (non-hydrogen) atoms. The largest absolute Gasteiger partial charge is 0.507 e. The van der Waals surface area contributed by atoms with Crippen molar-refractivity contribution in [1.29, 1.82) is 0 Å². The molecule has 0 fully saturated rings. The molecule has 0 aromatic heterocycles. The van der Waals surface area contributed by atoms with E-state index in [0.717, 1.165) is 15.2 Å². The van der Waals surface area contributed by atoms with Crippen LogP contribution < -0.4 is 15.5 Å². The number of carbonyl (C=O) groups excluding carboxylic acids is 2. The van der Waals surface area contributed by atoms with Gasteiger partial charge >= 0.3 is 0 Å². The van der Waals surface area contributed by atoms with Gasteiger partial charge in [0.1, 0.15) is 17.5 Å². The lowest BCUT2D eigenvalue weighted by Gasteiger charge is -2.13. The van der Waals surface area contributed by atoms with E-state index in [-0.39, 0.29) is 12.4 Å². The summed E-state index contributed by atoms with van der Waals surface area (Å²) < 4.78 is 6.28. The van der Waals surface area contributed by atoms with Crippen molar-refractivity contribution in [3.63, 3.8) is 0 Å². The van der Waals surface area contributed by atoms with Crippen LogP contribution in [0.2, 0.25) is 0 Å². The van der Waals surface area contributed by atoms with Crippen LogP contribution in [0.25, 0.3) is 10.8 Å². The Bertz CT molecular complexity index is 1100. The lowest BCUT2D eigenvalue weighted by Crippen LogP contribution is -2.45. The third-order valence-electron chi connectivity index (χ3n) is 4.23. The lowest BCUT2D eigenvalue weighted by molar-refractivity contribution is -0.129. The molecule has 0 aliphatic heterocycles. The summed E-state index contributed by atoms with van der Waals surface area (Å²) in [5.74, 6) is -0.331. The van der Waals surface area contributed by atoms with Gasteiger partial charge in [-0.1, -0.05) is 46.3 Å². The molecule has 154 valence electrons. The molecule has 0 saturated carbocycles. The Labute approximate surface area is 181 Å². The summed E-state index contributed by atoms with van der Waals surface area (Å²) in [5.41, 5.74) is 2.76. The van der Waals surface area contributed by atoms with Crippen LogP contribution in [0, 0.1) is 0 Å². The summed E-state index contributed by atoms with van der Waals surface area (Å²) in [4.78, 5) is 24.2. The maximum absolute atomic E-state index is 12.1. The third-order valence-corrected chi connectivity index (χ3v) is 4.72. The number of nitrogens with one attached hydrogen (secondary N) is 2. The average molecular weight is 470 g/mol. The number of phenolic OH excluding ortho intramolecular Hbond substituents is 1. The average Bonchev–Trinajstić information content (AvgIpc) is 2.74. The Hall–Kier alpha value is -3.39. The Morgan fingerprint density at radius 1 is 1.13 bits per heavy atom. The predicted molar refractivity (Wildman–Crippen MR) is 119 cm³/mol. The van der Waals surface area contributed by atoms with Crippen molar-refractivity contribution in [3.05, 3.63) is 70.7 Å². The minimum atomic E-state index is -0.814. The summed E-state index contributed by atoms with van der Waals surface area (Å²) in [6.07, 6.45) is 1.31. The number of hydrogen-bond donors (Lipinski definition) is 3. The van der Waals surface area contributed by atoms with Gasteiger partial charge in [-0.2, -0.15) is 5.10 Å². The number of hydrogen-bond acceptors (Lipinski definition) is 5. The Balaban J connectivity index is 1.47. The number of phenols is 1. The molecule has 0 radical (unpaired) electrons. The molecule has 1 atom stereocenters. The summed E-state index contributed by atoms with van der Waals surface area (Å²) in [6.45, 7) is 1.32. The minimum absolute atomic E-state index is 0.0309. The van der Waals surface area contributed by atoms with Crippen LogP contribution in [-0.4, -0.2) is 35.8 Å². The Kier molecular flexibility index (Phi) is 7.03. The highest BCUT2D eigenvalue weighted by Crippen LogP contribution is 2.21. The van der Waals surface area contributed by atoms with Gasteiger partial charge in [0, 0.05) is 10.0 Å². The number of aromatic hydroxyl groups is 1. The minimum Gasteiger partial charge on any atom is -0.507 e. The van der Waals surface area contributed by atoms with Crippen LogP contribution in [0.4, 0.5) is 0 Å². The highest BCUT2D eigenvalue weighted by molar-refractivity contribution is 9.10. The second-order valence-corrected chi connectivity index (χ2v) is 7.44. The standard InChI is InChI=1S/C22H20BrN3O4/c1-14(22(29)26-24-12-17-10-18(23)7-9-20(17)27)25-21(28)13-30-19-8-6-15-4-2-3-5-16(15)11-19/h2-12,14,27H,13H2,1H3,(H,25,28)(H,26,29)/t14-/m1/s1. The number of rotatable bonds is 7. The van der Waals surface area contributed by atoms with Crippen LogP contribution in [0.3, 0.4) is 0 Å². The number of benzene rings is 3. The molecule has 8 heteroatoms. The summed E-state index contributed by atoms with van der Waals surface area (Å²) in [6, 6.07) is 17.4. The van der Waals surface area contributed by atoms with Crippen LogP contribution >= 0.6 is 15.9 Å². The molecule has 0 aliphatic rings. The van der Waals surface area contributed by atoms with Crippen molar-refractivity contribution in [2.45, 2.75) is 13.0 Å². The van der Waals surface area contributed by atoms with E-state index in [1.165, 1.54) is 19.2 Å². The summed E-state index contributed by atoms with van der Waals surface area (Å²) >= 11 is 3.29. The molecule has 0 bridgehead atoms. The van der Waals surface area contributed by atoms with Crippen molar-refractivity contribution < 1.29 is 19.4 Å². The quantitative estimate of drug-likeness (QED) is 0.364. The number of ether oxygens (including phenoxy) is 1. The first-order chi connectivity index (χ1) is 14.4. The summed E-state index contributed by atoms with van der Waals surface area (Å²) in [7, 11) is 0. The fraction of sp³-hybridized carbons (Fsp3) is 0.136. The van der Waals surface area contributed by atoms with Gasteiger partial charge in [-0.05, 0) is 48.0 Å². The monoisotopic (exact) mass is 469 g/mol. The third kappa shape index (κ3) is 5.81. The van der Waals surface area contributed by atoms with E-state index in [2.05, 4.69) is 31.8 Å². The van der Waals surface area contributed by atoms with Crippen LogP contribution in [0.15, 0.2) is 70.2 Å². The molecule has 3 rings (SSSR count). The molecule has 0 heterocycles. The van der Waals surface area contributed by atoms with E-state index in [9.17, 15) is 14.7 Å². The van der Waals surface area contributed by atoms with E-state index < -0.39 is 17.9 Å². The number of fused-ring (bicyclic) bond motifs is 1. The van der Waals surface area contributed by atoms with E-state index in [0.29, 0.717) is 11.3 Å². The second kappa shape index (κ2) is 9.89. The maximum Gasteiger partial charge on any atom is 0.262 e. The molecular weight excluding hydrogens is 450 g/mol.